The molecular weight excluding hydrogens is 293 g/mol. The summed E-state index contributed by atoms with van der Waals surface area (Å²) < 4.78 is 38.0. The van der Waals surface area contributed by atoms with Gasteiger partial charge in [-0.3, -0.25) is 9.69 Å². The summed E-state index contributed by atoms with van der Waals surface area (Å²) >= 11 is 0. The third kappa shape index (κ3) is 4.47. The smallest absolute Gasteiger partial charge is 0.325 e. The minimum absolute atomic E-state index is 0.185. The van der Waals surface area contributed by atoms with Crippen LogP contribution in [0.15, 0.2) is 24.3 Å². The molecule has 1 heterocycles. The van der Waals surface area contributed by atoms with E-state index in [9.17, 15) is 18.0 Å². The fourth-order valence-electron chi connectivity index (χ4n) is 2.89. The van der Waals surface area contributed by atoms with Crippen molar-refractivity contribution in [3.05, 3.63) is 29.8 Å². The lowest BCUT2D eigenvalue weighted by molar-refractivity contribution is -0.137. The molecule has 2 rings (SSSR count). The molecule has 6 heteroatoms. The topological polar surface area (TPSA) is 32.3 Å². The average Bonchev–Trinajstić information content (AvgIpc) is 2.47. The third-order valence-electron chi connectivity index (χ3n) is 4.04. The Morgan fingerprint density at radius 3 is 2.82 bits per heavy atom. The lowest BCUT2D eigenvalue weighted by atomic mass is 10.00. The van der Waals surface area contributed by atoms with Crippen molar-refractivity contribution in [1.29, 1.82) is 0 Å². The third-order valence-corrected chi connectivity index (χ3v) is 4.04. The second-order valence-corrected chi connectivity index (χ2v) is 5.66. The zero-order valence-corrected chi connectivity index (χ0v) is 12.6. The number of nitrogens with zero attached hydrogens (tertiary/aromatic N) is 1. The van der Waals surface area contributed by atoms with E-state index >= 15 is 0 Å². The summed E-state index contributed by atoms with van der Waals surface area (Å²) in [5.74, 6) is -0.264. The minimum Gasteiger partial charge on any atom is -0.325 e. The number of nitrogens with one attached hydrogen (secondary N) is 1. The monoisotopic (exact) mass is 314 g/mol. The number of hydrogen-bond donors (Lipinski definition) is 1. The molecule has 1 atom stereocenters. The molecule has 1 N–H and O–H groups in total. The maximum Gasteiger partial charge on any atom is 0.416 e. The highest BCUT2D eigenvalue weighted by molar-refractivity contribution is 5.92. The van der Waals surface area contributed by atoms with Gasteiger partial charge in [-0.2, -0.15) is 13.2 Å². The van der Waals surface area contributed by atoms with E-state index in [0.717, 1.165) is 37.9 Å². The van der Waals surface area contributed by atoms with Gasteiger partial charge in [0.25, 0.3) is 0 Å². The average molecular weight is 314 g/mol. The molecule has 0 aromatic heterocycles. The molecule has 3 nitrogen and oxygen atoms in total. The minimum atomic E-state index is -4.40. The van der Waals surface area contributed by atoms with Crippen molar-refractivity contribution in [3.63, 3.8) is 0 Å². The SMILES string of the molecule is CCC1CCCCN1CC(=O)Nc1cccc(C(F)(F)F)c1. The normalized spacial score (nSPS) is 19.9. The summed E-state index contributed by atoms with van der Waals surface area (Å²) in [6.07, 6.45) is -0.108. The molecule has 0 spiro atoms. The van der Waals surface area contributed by atoms with E-state index in [2.05, 4.69) is 17.1 Å². The predicted molar refractivity (Wildman–Crippen MR) is 79.6 cm³/mol. The lowest BCUT2D eigenvalue weighted by Crippen LogP contribution is -2.43. The molecule has 1 aromatic rings. The van der Waals surface area contributed by atoms with Crippen LogP contribution in [-0.2, 0) is 11.0 Å². The van der Waals surface area contributed by atoms with Gasteiger partial charge in [0.2, 0.25) is 5.91 Å². The van der Waals surface area contributed by atoms with Crippen LogP contribution in [0.3, 0.4) is 0 Å². The van der Waals surface area contributed by atoms with Crippen molar-refractivity contribution in [2.75, 3.05) is 18.4 Å². The molecule has 1 aliphatic heterocycles. The highest BCUT2D eigenvalue weighted by atomic mass is 19.4. The number of benzene rings is 1. The Bertz CT molecular complexity index is 516. The number of alkyl halides is 3. The van der Waals surface area contributed by atoms with Crippen LogP contribution in [0.4, 0.5) is 18.9 Å². The number of carbonyl (C=O) groups is 1. The van der Waals surface area contributed by atoms with Gasteiger partial charge in [0.1, 0.15) is 0 Å². The number of piperidine rings is 1. The largest absolute Gasteiger partial charge is 0.416 e. The molecular formula is C16H21F3N2O. The van der Waals surface area contributed by atoms with Gasteiger partial charge in [0.15, 0.2) is 0 Å². The Labute approximate surface area is 128 Å². The second kappa shape index (κ2) is 7.13. The molecule has 22 heavy (non-hydrogen) atoms. The van der Waals surface area contributed by atoms with Crippen LogP contribution in [-0.4, -0.2) is 29.9 Å². The molecule has 0 bridgehead atoms. The van der Waals surface area contributed by atoms with Crippen LogP contribution in [0, 0.1) is 0 Å². The van der Waals surface area contributed by atoms with Crippen LogP contribution >= 0.6 is 0 Å². The second-order valence-electron chi connectivity index (χ2n) is 5.66. The van der Waals surface area contributed by atoms with Crippen molar-refractivity contribution in [1.82, 2.24) is 4.90 Å². The van der Waals surface area contributed by atoms with Crippen molar-refractivity contribution in [2.24, 2.45) is 0 Å². The molecule has 1 unspecified atom stereocenters. The summed E-state index contributed by atoms with van der Waals surface area (Å²) in [5, 5.41) is 2.57. The predicted octanol–water partition coefficient (Wildman–Crippen LogP) is 3.91. The number of rotatable bonds is 4. The number of likely N-dealkylation sites (tertiary alicyclic amines) is 1. The lowest BCUT2D eigenvalue weighted by Gasteiger charge is -2.34. The molecule has 0 radical (unpaired) electrons. The first-order valence-electron chi connectivity index (χ1n) is 7.61. The molecule has 1 amide bonds. The Morgan fingerprint density at radius 2 is 2.14 bits per heavy atom. The molecule has 1 aliphatic rings. The molecule has 1 fully saturated rings. The summed E-state index contributed by atoms with van der Waals surface area (Å²) in [6.45, 7) is 3.19. The van der Waals surface area contributed by atoms with Gasteiger partial charge in [-0.05, 0) is 44.0 Å². The highest BCUT2D eigenvalue weighted by Gasteiger charge is 2.30. The van der Waals surface area contributed by atoms with Gasteiger partial charge in [-0.15, -0.1) is 0 Å². The van der Waals surface area contributed by atoms with Gasteiger partial charge in [0.05, 0.1) is 12.1 Å². The van der Waals surface area contributed by atoms with Crippen molar-refractivity contribution < 1.29 is 18.0 Å². The molecule has 0 aliphatic carbocycles. The summed E-state index contributed by atoms with van der Waals surface area (Å²) in [4.78, 5) is 14.2. The van der Waals surface area contributed by atoms with E-state index in [-0.39, 0.29) is 18.1 Å². The number of hydrogen-bond acceptors (Lipinski definition) is 2. The summed E-state index contributed by atoms with van der Waals surface area (Å²) in [5.41, 5.74) is -0.570. The standard InChI is InChI=1S/C16H21F3N2O/c1-2-14-8-3-4-9-21(14)11-15(22)20-13-7-5-6-12(10-13)16(17,18)19/h5-7,10,14H,2-4,8-9,11H2,1H3,(H,20,22). The maximum atomic E-state index is 12.7. The van der Waals surface area contributed by atoms with E-state index in [1.54, 1.807) is 0 Å². The van der Waals surface area contributed by atoms with Crippen molar-refractivity contribution >= 4 is 11.6 Å². The van der Waals surface area contributed by atoms with Crippen LogP contribution < -0.4 is 5.32 Å². The van der Waals surface area contributed by atoms with Gasteiger partial charge < -0.3 is 5.32 Å². The van der Waals surface area contributed by atoms with Gasteiger partial charge in [-0.25, -0.2) is 0 Å². The van der Waals surface area contributed by atoms with Crippen molar-refractivity contribution in [2.45, 2.75) is 44.8 Å². The fourth-order valence-corrected chi connectivity index (χ4v) is 2.89. The number of carbonyl (C=O) groups excluding carboxylic acids is 1. The number of anilines is 1. The highest BCUT2D eigenvalue weighted by Crippen LogP contribution is 2.30. The Hall–Kier alpha value is -1.56. The van der Waals surface area contributed by atoms with Crippen LogP contribution in [0.1, 0.15) is 38.2 Å². The summed E-state index contributed by atoms with van der Waals surface area (Å²) in [6, 6.07) is 5.12. The van der Waals surface area contributed by atoms with E-state index in [1.807, 2.05) is 0 Å². The number of amides is 1. The summed E-state index contributed by atoms with van der Waals surface area (Å²) in [7, 11) is 0. The van der Waals surface area contributed by atoms with Crippen LogP contribution in [0.5, 0.6) is 0 Å². The van der Waals surface area contributed by atoms with Crippen LogP contribution in [0.2, 0.25) is 0 Å². The van der Waals surface area contributed by atoms with E-state index in [1.165, 1.54) is 18.6 Å². The van der Waals surface area contributed by atoms with Gasteiger partial charge in [-0.1, -0.05) is 19.4 Å². The number of halogens is 3. The zero-order valence-electron chi connectivity index (χ0n) is 12.6. The molecule has 0 saturated carbocycles. The quantitative estimate of drug-likeness (QED) is 0.914. The van der Waals surface area contributed by atoms with E-state index in [4.69, 9.17) is 0 Å². The van der Waals surface area contributed by atoms with Crippen LogP contribution in [0.25, 0.3) is 0 Å². The van der Waals surface area contributed by atoms with E-state index < -0.39 is 11.7 Å². The van der Waals surface area contributed by atoms with Gasteiger partial charge >= 0.3 is 6.18 Å². The maximum absolute atomic E-state index is 12.7. The van der Waals surface area contributed by atoms with Crippen molar-refractivity contribution in [3.8, 4) is 0 Å². The molecule has 122 valence electrons. The first-order chi connectivity index (χ1) is 10.4. The zero-order chi connectivity index (χ0) is 16.2. The fraction of sp³-hybridized carbons (Fsp3) is 0.562. The van der Waals surface area contributed by atoms with E-state index in [0.29, 0.717) is 6.04 Å². The Morgan fingerprint density at radius 1 is 1.36 bits per heavy atom. The first-order valence-corrected chi connectivity index (χ1v) is 7.61. The Kier molecular flexibility index (Phi) is 5.45. The first kappa shape index (κ1) is 16.8. The molecule has 1 saturated heterocycles. The molecule has 1 aromatic carbocycles. The Balaban J connectivity index is 1.97. The van der Waals surface area contributed by atoms with Gasteiger partial charge in [0, 0.05) is 11.7 Å².